The summed E-state index contributed by atoms with van der Waals surface area (Å²) >= 11 is 0. The average molecular weight is 186 g/mol. The topological polar surface area (TPSA) is 57.5 Å². The van der Waals surface area contributed by atoms with E-state index >= 15 is 0 Å². The number of carboxylic acid groups (broad SMARTS) is 1. The molecule has 0 radical (unpaired) electrons. The SMILES string of the molecule is CC1CCC(C(O)C(=O)O)C(C)C1. The fourth-order valence-corrected chi connectivity index (χ4v) is 2.34. The van der Waals surface area contributed by atoms with E-state index in [2.05, 4.69) is 6.92 Å². The highest BCUT2D eigenvalue weighted by molar-refractivity contribution is 5.72. The zero-order valence-electron chi connectivity index (χ0n) is 8.23. The van der Waals surface area contributed by atoms with Gasteiger partial charge in [0.15, 0.2) is 6.10 Å². The van der Waals surface area contributed by atoms with Gasteiger partial charge in [-0.2, -0.15) is 0 Å². The Labute approximate surface area is 78.8 Å². The molecule has 0 heterocycles. The van der Waals surface area contributed by atoms with Crippen LogP contribution in [0.15, 0.2) is 0 Å². The molecule has 0 saturated heterocycles. The van der Waals surface area contributed by atoms with Crippen LogP contribution in [-0.4, -0.2) is 22.3 Å². The molecule has 0 aliphatic heterocycles. The van der Waals surface area contributed by atoms with E-state index in [0.29, 0.717) is 11.8 Å². The molecule has 76 valence electrons. The summed E-state index contributed by atoms with van der Waals surface area (Å²) in [5, 5.41) is 18.1. The van der Waals surface area contributed by atoms with Crippen LogP contribution >= 0.6 is 0 Å². The predicted molar refractivity (Wildman–Crippen MR) is 49.3 cm³/mol. The molecule has 1 fully saturated rings. The van der Waals surface area contributed by atoms with Crippen molar-refractivity contribution in [3.8, 4) is 0 Å². The number of aliphatic hydroxyl groups is 1. The molecule has 2 N–H and O–H groups in total. The number of carbonyl (C=O) groups is 1. The van der Waals surface area contributed by atoms with Crippen LogP contribution in [-0.2, 0) is 4.79 Å². The van der Waals surface area contributed by atoms with Crippen molar-refractivity contribution < 1.29 is 15.0 Å². The van der Waals surface area contributed by atoms with Gasteiger partial charge in [0.1, 0.15) is 0 Å². The second kappa shape index (κ2) is 4.09. The van der Waals surface area contributed by atoms with E-state index in [1.165, 1.54) is 0 Å². The van der Waals surface area contributed by atoms with Crippen molar-refractivity contribution in [3.05, 3.63) is 0 Å². The van der Waals surface area contributed by atoms with E-state index < -0.39 is 12.1 Å². The van der Waals surface area contributed by atoms with Gasteiger partial charge in [-0.3, -0.25) is 0 Å². The minimum Gasteiger partial charge on any atom is -0.479 e. The quantitative estimate of drug-likeness (QED) is 0.687. The second-order valence-corrected chi connectivity index (χ2v) is 4.34. The maximum atomic E-state index is 10.6. The molecule has 3 heteroatoms. The normalized spacial score (nSPS) is 37.0. The van der Waals surface area contributed by atoms with Crippen LogP contribution in [0.25, 0.3) is 0 Å². The van der Waals surface area contributed by atoms with Crippen molar-refractivity contribution in [3.63, 3.8) is 0 Å². The molecule has 4 unspecified atom stereocenters. The highest BCUT2D eigenvalue weighted by atomic mass is 16.4. The highest BCUT2D eigenvalue weighted by Gasteiger charge is 2.34. The van der Waals surface area contributed by atoms with Gasteiger partial charge in [0.05, 0.1) is 0 Å². The highest BCUT2D eigenvalue weighted by Crippen LogP contribution is 2.35. The Balaban J connectivity index is 2.55. The first-order valence-corrected chi connectivity index (χ1v) is 4.93. The molecule has 0 aromatic rings. The van der Waals surface area contributed by atoms with E-state index in [1.54, 1.807) is 0 Å². The zero-order chi connectivity index (χ0) is 10.0. The van der Waals surface area contributed by atoms with Gasteiger partial charge in [-0.25, -0.2) is 4.79 Å². The third-order valence-corrected chi connectivity index (χ3v) is 3.16. The monoisotopic (exact) mass is 186 g/mol. The first-order valence-electron chi connectivity index (χ1n) is 4.93. The molecule has 1 rings (SSSR count). The summed E-state index contributed by atoms with van der Waals surface area (Å²) in [7, 11) is 0. The number of aliphatic carboxylic acids is 1. The molecular weight excluding hydrogens is 168 g/mol. The van der Waals surface area contributed by atoms with Gasteiger partial charge in [-0.05, 0) is 30.6 Å². The van der Waals surface area contributed by atoms with Gasteiger partial charge in [0.25, 0.3) is 0 Å². The number of rotatable bonds is 2. The smallest absolute Gasteiger partial charge is 0.332 e. The summed E-state index contributed by atoms with van der Waals surface area (Å²) in [5.41, 5.74) is 0. The van der Waals surface area contributed by atoms with Crippen molar-refractivity contribution in [1.82, 2.24) is 0 Å². The van der Waals surface area contributed by atoms with E-state index in [-0.39, 0.29) is 5.92 Å². The second-order valence-electron chi connectivity index (χ2n) is 4.34. The van der Waals surface area contributed by atoms with Gasteiger partial charge in [-0.1, -0.05) is 20.3 Å². The number of hydrogen-bond donors (Lipinski definition) is 2. The fourth-order valence-electron chi connectivity index (χ4n) is 2.34. The molecule has 0 aromatic heterocycles. The van der Waals surface area contributed by atoms with Gasteiger partial charge in [0.2, 0.25) is 0 Å². The Morgan fingerprint density at radius 3 is 2.46 bits per heavy atom. The lowest BCUT2D eigenvalue weighted by molar-refractivity contribution is -0.151. The molecule has 0 amide bonds. The summed E-state index contributed by atoms with van der Waals surface area (Å²) in [6, 6.07) is 0. The molecule has 1 saturated carbocycles. The summed E-state index contributed by atoms with van der Waals surface area (Å²) in [5.74, 6) is -0.123. The number of carboxylic acids is 1. The number of aliphatic hydroxyl groups excluding tert-OH is 1. The largest absolute Gasteiger partial charge is 0.479 e. The van der Waals surface area contributed by atoms with Crippen LogP contribution in [0, 0.1) is 17.8 Å². The van der Waals surface area contributed by atoms with Gasteiger partial charge >= 0.3 is 5.97 Å². The molecule has 13 heavy (non-hydrogen) atoms. The molecular formula is C10H18O3. The van der Waals surface area contributed by atoms with Crippen molar-refractivity contribution >= 4 is 5.97 Å². The molecule has 1 aliphatic rings. The first kappa shape index (κ1) is 10.5. The molecule has 3 nitrogen and oxygen atoms in total. The molecule has 0 spiro atoms. The molecule has 0 bridgehead atoms. The summed E-state index contributed by atoms with van der Waals surface area (Å²) in [6.45, 7) is 4.21. The van der Waals surface area contributed by atoms with Crippen LogP contribution in [0.3, 0.4) is 0 Å². The van der Waals surface area contributed by atoms with E-state index in [1.807, 2.05) is 6.92 Å². The van der Waals surface area contributed by atoms with Gasteiger partial charge in [-0.15, -0.1) is 0 Å². The van der Waals surface area contributed by atoms with Crippen LogP contribution in [0.5, 0.6) is 0 Å². The maximum Gasteiger partial charge on any atom is 0.332 e. The standard InChI is InChI=1S/C10H18O3/c1-6-3-4-8(7(2)5-6)9(11)10(12)13/h6-9,11H,3-5H2,1-2H3,(H,12,13). The maximum absolute atomic E-state index is 10.6. The van der Waals surface area contributed by atoms with Crippen LogP contribution in [0.4, 0.5) is 0 Å². The Kier molecular flexibility index (Phi) is 3.31. The summed E-state index contributed by atoms with van der Waals surface area (Å²) in [6.07, 6.45) is 1.76. The lowest BCUT2D eigenvalue weighted by Gasteiger charge is -2.33. The van der Waals surface area contributed by atoms with Crippen molar-refractivity contribution in [1.29, 1.82) is 0 Å². The van der Waals surface area contributed by atoms with Crippen LogP contribution in [0.1, 0.15) is 33.1 Å². The zero-order valence-corrected chi connectivity index (χ0v) is 8.23. The third kappa shape index (κ3) is 2.44. The average Bonchev–Trinajstić information content (AvgIpc) is 2.03. The third-order valence-electron chi connectivity index (χ3n) is 3.16. The predicted octanol–water partition coefficient (Wildman–Crippen LogP) is 1.50. The minimum atomic E-state index is -1.16. The molecule has 4 atom stereocenters. The van der Waals surface area contributed by atoms with E-state index in [4.69, 9.17) is 5.11 Å². The van der Waals surface area contributed by atoms with Gasteiger partial charge in [0, 0.05) is 0 Å². The van der Waals surface area contributed by atoms with Crippen molar-refractivity contribution in [2.75, 3.05) is 0 Å². The number of hydrogen-bond acceptors (Lipinski definition) is 2. The lowest BCUT2D eigenvalue weighted by Crippen LogP contribution is -2.36. The van der Waals surface area contributed by atoms with Gasteiger partial charge < -0.3 is 10.2 Å². The van der Waals surface area contributed by atoms with Crippen LogP contribution in [0.2, 0.25) is 0 Å². The Morgan fingerprint density at radius 2 is 2.00 bits per heavy atom. The first-order chi connectivity index (χ1) is 6.02. The fraction of sp³-hybridized carbons (Fsp3) is 0.900. The van der Waals surface area contributed by atoms with E-state index in [9.17, 15) is 9.90 Å². The van der Waals surface area contributed by atoms with Crippen LogP contribution < -0.4 is 0 Å². The van der Waals surface area contributed by atoms with E-state index in [0.717, 1.165) is 19.3 Å². The van der Waals surface area contributed by atoms with Crippen molar-refractivity contribution in [2.45, 2.75) is 39.2 Å². The minimum absolute atomic E-state index is 0.0475. The summed E-state index contributed by atoms with van der Waals surface area (Å²) < 4.78 is 0. The lowest BCUT2D eigenvalue weighted by atomic mass is 9.73. The Morgan fingerprint density at radius 1 is 1.38 bits per heavy atom. The Hall–Kier alpha value is -0.570. The van der Waals surface area contributed by atoms with Crippen molar-refractivity contribution in [2.24, 2.45) is 17.8 Å². The molecule has 0 aromatic carbocycles. The molecule has 1 aliphatic carbocycles. The Bertz CT molecular complexity index is 191. The summed E-state index contributed by atoms with van der Waals surface area (Å²) in [4.78, 5) is 10.6.